The molecule has 0 heterocycles. The summed E-state index contributed by atoms with van der Waals surface area (Å²) in [4.78, 5) is 36.0. The number of nitrogens with two attached hydrogens (primary N) is 1. The molecule has 0 rings (SSSR count). The van der Waals surface area contributed by atoms with E-state index in [9.17, 15) is 0 Å². The van der Waals surface area contributed by atoms with Crippen molar-refractivity contribution >= 4 is 23.9 Å². The fourth-order valence-electron chi connectivity index (χ4n) is 0. The molecular formula is C8H24FeN3O8-. The molecule has 0 aromatic carbocycles. The Morgan fingerprint density at radius 2 is 0.550 bits per heavy atom. The first-order valence-electron chi connectivity index (χ1n) is 3.71. The Balaban J connectivity index is -0.0000000150. The van der Waals surface area contributed by atoms with Crippen LogP contribution in [0.5, 0.6) is 0 Å². The Bertz CT molecular complexity index is 174. The zero-order valence-corrected chi connectivity index (χ0v) is 12.9. The molecule has 0 atom stereocenters. The maximum absolute atomic E-state index is 9.00. The molecule has 0 radical (unpaired) electrons. The summed E-state index contributed by atoms with van der Waals surface area (Å²) in [5, 5.41) is 29.7. The largest absolute Gasteiger partial charge is 0.693 e. The van der Waals surface area contributed by atoms with Gasteiger partial charge in [-0.05, 0) is 0 Å². The standard InChI is InChI=1S/4C2H4O2.Fe.2H3N.H2N/c4*1-2(3)4;;;;/h4*1H3,(H,3,4);;2*1H3;1H2/q;;;;;;;-1. The summed E-state index contributed by atoms with van der Waals surface area (Å²) < 4.78 is 0. The number of carboxylic acids is 4. The summed E-state index contributed by atoms with van der Waals surface area (Å²) in [6.45, 7) is 4.33. The van der Waals surface area contributed by atoms with Gasteiger partial charge in [0, 0.05) is 44.8 Å². The summed E-state index contributed by atoms with van der Waals surface area (Å²) in [7, 11) is 0. The fourth-order valence-corrected chi connectivity index (χ4v) is 0. The van der Waals surface area contributed by atoms with Gasteiger partial charge >= 0.3 is 0 Å². The Morgan fingerprint density at radius 3 is 0.550 bits per heavy atom. The maximum atomic E-state index is 9.00. The first kappa shape index (κ1) is 51.7. The molecule has 0 aliphatic rings. The predicted octanol–water partition coefficient (Wildman–Crippen LogP) is 1.40. The molecule has 20 heavy (non-hydrogen) atoms. The Morgan fingerprint density at radius 1 is 0.550 bits per heavy atom. The van der Waals surface area contributed by atoms with Crippen molar-refractivity contribution in [2.75, 3.05) is 0 Å². The number of carbonyl (C=O) groups is 4. The van der Waals surface area contributed by atoms with E-state index in [-0.39, 0.29) is 35.5 Å². The van der Waals surface area contributed by atoms with Crippen molar-refractivity contribution in [3.8, 4) is 0 Å². The van der Waals surface area contributed by atoms with E-state index in [0.717, 1.165) is 27.7 Å². The Kier molecular flexibility index (Phi) is 112. The molecule has 0 saturated carbocycles. The second kappa shape index (κ2) is 43.3. The number of carboxylic acid groups (broad SMARTS) is 4. The molecule has 0 fully saturated rings. The van der Waals surface area contributed by atoms with Crippen molar-refractivity contribution in [2.24, 2.45) is 0 Å². The summed E-state index contributed by atoms with van der Waals surface area (Å²) in [5.74, 6) is -3.33. The molecule has 0 aliphatic carbocycles. The molecule has 0 bridgehead atoms. The molecular weight excluding hydrogens is 322 g/mol. The Hall–Kier alpha value is -1.72. The number of hydrogen-bond donors (Lipinski definition) is 6. The number of rotatable bonds is 0. The third-order valence-electron chi connectivity index (χ3n) is 0. The van der Waals surface area contributed by atoms with E-state index in [2.05, 4.69) is 0 Å². The molecule has 12 heteroatoms. The quantitative estimate of drug-likeness (QED) is 0.343. The normalized spacial score (nSPS) is 5.00. The van der Waals surface area contributed by atoms with E-state index in [4.69, 9.17) is 39.6 Å². The van der Waals surface area contributed by atoms with Crippen LogP contribution in [0.2, 0.25) is 0 Å². The second-order valence-corrected chi connectivity index (χ2v) is 2.08. The van der Waals surface area contributed by atoms with Crippen LogP contribution in [0.15, 0.2) is 0 Å². The van der Waals surface area contributed by atoms with Gasteiger partial charge in [-0.2, -0.15) is 0 Å². The third kappa shape index (κ3) is 1280. The zero-order valence-electron chi connectivity index (χ0n) is 11.8. The van der Waals surface area contributed by atoms with Crippen LogP contribution < -0.4 is 12.3 Å². The number of aliphatic carboxylic acids is 4. The van der Waals surface area contributed by atoms with Gasteiger partial charge in [-0.1, -0.05) is 0 Å². The van der Waals surface area contributed by atoms with Crippen molar-refractivity contribution in [3.05, 3.63) is 6.15 Å². The first-order chi connectivity index (χ1) is 6.93. The van der Waals surface area contributed by atoms with Gasteiger partial charge in [0.05, 0.1) is 0 Å². The van der Waals surface area contributed by atoms with Gasteiger partial charge < -0.3 is 38.9 Å². The molecule has 128 valence electrons. The number of hydrogen-bond acceptors (Lipinski definition) is 6. The van der Waals surface area contributed by atoms with E-state index in [0.29, 0.717) is 0 Å². The van der Waals surface area contributed by atoms with E-state index < -0.39 is 23.9 Å². The van der Waals surface area contributed by atoms with Crippen molar-refractivity contribution in [1.29, 1.82) is 0 Å². The molecule has 0 saturated heterocycles. The maximum Gasteiger partial charge on any atom is 0.300 e. The van der Waals surface area contributed by atoms with Crippen LogP contribution in [0, 0.1) is 0 Å². The van der Waals surface area contributed by atoms with Gasteiger partial charge in [0.15, 0.2) is 0 Å². The molecule has 0 aromatic heterocycles. The van der Waals surface area contributed by atoms with Crippen LogP contribution in [0.3, 0.4) is 0 Å². The zero-order chi connectivity index (χ0) is 14.3. The van der Waals surface area contributed by atoms with Gasteiger partial charge in [0.2, 0.25) is 0 Å². The van der Waals surface area contributed by atoms with Gasteiger partial charge in [0.25, 0.3) is 23.9 Å². The van der Waals surface area contributed by atoms with Crippen LogP contribution in [-0.4, -0.2) is 44.3 Å². The molecule has 0 aliphatic heterocycles. The summed E-state index contributed by atoms with van der Waals surface area (Å²) >= 11 is 0. The van der Waals surface area contributed by atoms with Crippen LogP contribution >= 0.6 is 0 Å². The average Bonchev–Trinajstić information content (AvgIpc) is 1.76. The summed E-state index contributed by atoms with van der Waals surface area (Å²) in [6.07, 6.45) is 0. The molecule has 0 unspecified atom stereocenters. The van der Waals surface area contributed by atoms with Gasteiger partial charge in [-0.15, -0.1) is 0 Å². The topological polar surface area (TPSA) is 253 Å². The minimum Gasteiger partial charge on any atom is -0.693 e. The second-order valence-electron chi connectivity index (χ2n) is 2.08. The molecule has 0 amide bonds. The fraction of sp³-hybridized carbons (Fsp3) is 0.500. The molecule has 0 aromatic rings. The van der Waals surface area contributed by atoms with Crippen molar-refractivity contribution in [3.63, 3.8) is 0 Å². The third-order valence-corrected chi connectivity index (χ3v) is 0. The van der Waals surface area contributed by atoms with E-state index >= 15 is 0 Å². The minimum absolute atomic E-state index is 0. The van der Waals surface area contributed by atoms with Crippen LogP contribution in [0.25, 0.3) is 6.15 Å². The van der Waals surface area contributed by atoms with Gasteiger partial charge in [0.1, 0.15) is 0 Å². The first-order valence-corrected chi connectivity index (χ1v) is 3.71. The van der Waals surface area contributed by atoms with Crippen molar-refractivity contribution in [2.45, 2.75) is 27.7 Å². The Labute approximate surface area is 127 Å². The van der Waals surface area contributed by atoms with Crippen LogP contribution in [0.4, 0.5) is 0 Å². The summed E-state index contributed by atoms with van der Waals surface area (Å²) in [5.41, 5.74) is 0. The molecule has 12 N–H and O–H groups in total. The monoisotopic (exact) mass is 346 g/mol. The van der Waals surface area contributed by atoms with Crippen LogP contribution in [-0.2, 0) is 36.2 Å². The van der Waals surface area contributed by atoms with Gasteiger partial charge in [-0.3, -0.25) is 19.2 Å². The SMILES string of the molecule is CC(=O)O.CC(=O)O.CC(=O)O.CC(=O)O.N.N.[Fe].[NH2-]. The van der Waals surface area contributed by atoms with Crippen molar-refractivity contribution < 1.29 is 56.7 Å². The summed E-state index contributed by atoms with van der Waals surface area (Å²) in [6, 6.07) is 0. The smallest absolute Gasteiger partial charge is 0.300 e. The van der Waals surface area contributed by atoms with E-state index in [1.807, 2.05) is 0 Å². The minimum atomic E-state index is -0.833. The predicted molar refractivity (Wildman–Crippen MR) is 68.6 cm³/mol. The van der Waals surface area contributed by atoms with Crippen LogP contribution in [0.1, 0.15) is 27.7 Å². The molecule has 0 spiro atoms. The molecule has 11 nitrogen and oxygen atoms in total. The average molecular weight is 346 g/mol. The van der Waals surface area contributed by atoms with E-state index in [1.165, 1.54) is 0 Å². The van der Waals surface area contributed by atoms with E-state index in [1.54, 1.807) is 0 Å². The van der Waals surface area contributed by atoms with Gasteiger partial charge in [-0.25, -0.2) is 0 Å². The van der Waals surface area contributed by atoms with Crippen molar-refractivity contribution in [1.82, 2.24) is 12.3 Å².